The number of imidazole rings is 1. The second kappa shape index (κ2) is 6.13. The number of rotatable bonds is 2. The van der Waals surface area contributed by atoms with Crippen LogP contribution in [0.5, 0.6) is 0 Å². The average Bonchev–Trinajstić information content (AvgIpc) is 3.26. The normalized spacial score (nSPS) is 15.8. The van der Waals surface area contributed by atoms with Gasteiger partial charge in [0.25, 0.3) is 0 Å². The van der Waals surface area contributed by atoms with Crippen LogP contribution in [-0.2, 0) is 0 Å². The van der Waals surface area contributed by atoms with Gasteiger partial charge < -0.3 is 9.73 Å². The van der Waals surface area contributed by atoms with Crippen LogP contribution < -0.4 is 5.32 Å². The Hall–Kier alpha value is -2.80. The van der Waals surface area contributed by atoms with Crippen molar-refractivity contribution in [3.8, 4) is 11.3 Å². The molecule has 0 amide bonds. The van der Waals surface area contributed by atoms with Crippen LogP contribution >= 0.6 is 0 Å². The maximum Gasteiger partial charge on any atom is 0.198 e. The molecule has 1 saturated heterocycles. The van der Waals surface area contributed by atoms with E-state index in [1.165, 1.54) is 6.07 Å². The van der Waals surface area contributed by atoms with Crippen LogP contribution in [-0.4, -0.2) is 32.7 Å². The van der Waals surface area contributed by atoms with Gasteiger partial charge in [-0.2, -0.15) is 5.10 Å². The van der Waals surface area contributed by atoms with E-state index in [9.17, 15) is 4.39 Å². The van der Waals surface area contributed by atoms with Gasteiger partial charge in [-0.05, 0) is 63.5 Å². The van der Waals surface area contributed by atoms with Crippen LogP contribution in [0.3, 0.4) is 0 Å². The summed E-state index contributed by atoms with van der Waals surface area (Å²) in [5.74, 6) is 0.493. The van der Waals surface area contributed by atoms with E-state index in [0.717, 1.165) is 42.8 Å². The largest absolute Gasteiger partial charge is 0.440 e. The molecule has 4 heterocycles. The summed E-state index contributed by atoms with van der Waals surface area (Å²) in [6, 6.07) is 5.23. The predicted molar refractivity (Wildman–Crippen MR) is 100 cm³/mol. The monoisotopic (exact) mass is 365 g/mol. The first-order valence-corrected chi connectivity index (χ1v) is 9.23. The van der Waals surface area contributed by atoms with Gasteiger partial charge in [0.1, 0.15) is 5.52 Å². The minimum atomic E-state index is -0.382. The van der Waals surface area contributed by atoms with Gasteiger partial charge in [0.15, 0.2) is 22.9 Å². The number of nitrogens with one attached hydrogen (secondary N) is 1. The summed E-state index contributed by atoms with van der Waals surface area (Å²) in [4.78, 5) is 8.90. The summed E-state index contributed by atoms with van der Waals surface area (Å²) in [5.41, 5.74) is 4.81. The molecule has 7 heteroatoms. The molecule has 0 atom stereocenters. The van der Waals surface area contributed by atoms with E-state index in [-0.39, 0.29) is 11.7 Å². The Morgan fingerprint density at radius 3 is 2.78 bits per heavy atom. The fraction of sp³-hybridized carbons (Fsp3) is 0.350. The van der Waals surface area contributed by atoms with Crippen LogP contribution in [0.15, 0.2) is 28.8 Å². The number of benzene rings is 1. The first-order valence-electron chi connectivity index (χ1n) is 9.23. The molecule has 0 saturated carbocycles. The highest BCUT2D eigenvalue weighted by molar-refractivity contribution is 5.80. The van der Waals surface area contributed by atoms with Crippen LogP contribution in [0.4, 0.5) is 4.39 Å². The maximum absolute atomic E-state index is 14.7. The smallest absolute Gasteiger partial charge is 0.198 e. The Kier molecular flexibility index (Phi) is 3.72. The highest BCUT2D eigenvalue weighted by Gasteiger charge is 2.22. The Morgan fingerprint density at radius 1 is 1.15 bits per heavy atom. The van der Waals surface area contributed by atoms with Crippen molar-refractivity contribution in [1.29, 1.82) is 0 Å². The van der Waals surface area contributed by atoms with Gasteiger partial charge in [-0.15, -0.1) is 0 Å². The van der Waals surface area contributed by atoms with Crippen molar-refractivity contribution >= 4 is 16.7 Å². The molecule has 0 unspecified atom stereocenters. The van der Waals surface area contributed by atoms with E-state index in [1.54, 1.807) is 4.52 Å². The number of hydrogen-bond donors (Lipinski definition) is 1. The van der Waals surface area contributed by atoms with Gasteiger partial charge in [-0.3, -0.25) is 0 Å². The SMILES string of the molecule is Cc1cn2nc(-c3cc(F)c4nc(C5CCNCC5)oc4c3)cc(C)c2n1. The maximum atomic E-state index is 14.7. The van der Waals surface area contributed by atoms with Gasteiger partial charge in [-0.1, -0.05) is 0 Å². The molecule has 1 aliphatic rings. The van der Waals surface area contributed by atoms with E-state index < -0.39 is 0 Å². The van der Waals surface area contributed by atoms with Gasteiger partial charge in [0, 0.05) is 11.5 Å². The minimum absolute atomic E-state index is 0.243. The standard InChI is InChI=1S/C20H20FN5O/c1-11-7-16(25-26-10-12(2)23-19(11)26)14-8-15(21)18-17(9-14)27-20(24-18)13-3-5-22-6-4-13/h7-10,13,22H,3-6H2,1-2H3. The number of halogens is 1. The lowest BCUT2D eigenvalue weighted by Gasteiger charge is -2.19. The van der Waals surface area contributed by atoms with E-state index in [2.05, 4.69) is 20.4 Å². The molecule has 0 spiro atoms. The van der Waals surface area contributed by atoms with Gasteiger partial charge >= 0.3 is 0 Å². The Labute approximate surface area is 155 Å². The van der Waals surface area contributed by atoms with Crippen molar-refractivity contribution in [2.24, 2.45) is 0 Å². The van der Waals surface area contributed by atoms with Gasteiger partial charge in [-0.25, -0.2) is 18.9 Å². The molecule has 4 aromatic rings. The molecule has 3 aromatic heterocycles. The highest BCUT2D eigenvalue weighted by atomic mass is 19.1. The van der Waals surface area contributed by atoms with E-state index in [1.807, 2.05) is 32.2 Å². The molecule has 0 bridgehead atoms. The van der Waals surface area contributed by atoms with E-state index >= 15 is 0 Å². The van der Waals surface area contributed by atoms with Crippen molar-refractivity contribution in [3.05, 3.63) is 47.4 Å². The zero-order chi connectivity index (χ0) is 18.5. The van der Waals surface area contributed by atoms with Crippen LogP contribution in [0.25, 0.3) is 28.0 Å². The molecule has 1 N–H and O–H groups in total. The zero-order valence-electron chi connectivity index (χ0n) is 15.3. The molecule has 0 aliphatic carbocycles. The van der Waals surface area contributed by atoms with E-state index in [0.29, 0.717) is 28.2 Å². The molecule has 27 heavy (non-hydrogen) atoms. The number of aryl methyl sites for hydroxylation is 2. The molecule has 1 aromatic carbocycles. The summed E-state index contributed by atoms with van der Waals surface area (Å²) in [6.07, 6.45) is 3.78. The molecular formula is C20H20FN5O. The molecule has 1 aliphatic heterocycles. The van der Waals surface area contributed by atoms with Crippen LogP contribution in [0.2, 0.25) is 0 Å². The highest BCUT2D eigenvalue weighted by Crippen LogP contribution is 2.32. The zero-order valence-corrected chi connectivity index (χ0v) is 15.3. The van der Waals surface area contributed by atoms with Crippen LogP contribution in [0.1, 0.15) is 35.9 Å². The molecule has 6 nitrogen and oxygen atoms in total. The molecule has 138 valence electrons. The van der Waals surface area contributed by atoms with Gasteiger partial charge in [0.2, 0.25) is 0 Å². The molecule has 5 rings (SSSR count). The fourth-order valence-electron chi connectivity index (χ4n) is 3.78. The Morgan fingerprint density at radius 2 is 1.96 bits per heavy atom. The first-order chi connectivity index (χ1) is 13.1. The predicted octanol–water partition coefficient (Wildman–Crippen LogP) is 3.76. The number of hydrogen-bond acceptors (Lipinski definition) is 5. The summed E-state index contributed by atoms with van der Waals surface area (Å²) < 4.78 is 22.4. The number of nitrogens with zero attached hydrogens (tertiary/aromatic N) is 4. The number of fused-ring (bicyclic) bond motifs is 2. The lowest BCUT2D eigenvalue weighted by atomic mass is 9.98. The third kappa shape index (κ3) is 2.78. The van der Waals surface area contributed by atoms with Gasteiger partial charge in [0.05, 0.1) is 17.6 Å². The van der Waals surface area contributed by atoms with E-state index in [4.69, 9.17) is 4.42 Å². The lowest BCUT2D eigenvalue weighted by molar-refractivity contribution is 0.385. The average molecular weight is 365 g/mol. The third-order valence-corrected chi connectivity index (χ3v) is 5.18. The summed E-state index contributed by atoms with van der Waals surface area (Å²) in [5, 5.41) is 7.91. The molecule has 0 radical (unpaired) electrons. The van der Waals surface area contributed by atoms with Crippen LogP contribution in [0, 0.1) is 19.7 Å². The number of aromatic nitrogens is 4. The van der Waals surface area contributed by atoms with Crippen molar-refractivity contribution in [3.63, 3.8) is 0 Å². The second-order valence-corrected chi connectivity index (χ2v) is 7.24. The molecular weight excluding hydrogens is 345 g/mol. The fourth-order valence-corrected chi connectivity index (χ4v) is 3.78. The van der Waals surface area contributed by atoms with Crippen molar-refractivity contribution < 1.29 is 8.81 Å². The topological polar surface area (TPSA) is 68.2 Å². The number of piperidine rings is 1. The molecule has 1 fully saturated rings. The second-order valence-electron chi connectivity index (χ2n) is 7.24. The van der Waals surface area contributed by atoms with Crippen molar-refractivity contribution in [2.75, 3.05) is 13.1 Å². The summed E-state index contributed by atoms with van der Waals surface area (Å²) in [6.45, 7) is 5.77. The Bertz CT molecular complexity index is 1160. The lowest BCUT2D eigenvalue weighted by Crippen LogP contribution is -2.26. The minimum Gasteiger partial charge on any atom is -0.440 e. The number of oxazole rings is 1. The van der Waals surface area contributed by atoms with Crippen molar-refractivity contribution in [1.82, 2.24) is 24.9 Å². The summed E-state index contributed by atoms with van der Waals surface area (Å²) in [7, 11) is 0. The van der Waals surface area contributed by atoms with Crippen molar-refractivity contribution in [2.45, 2.75) is 32.6 Å². The quantitative estimate of drug-likeness (QED) is 0.586. The third-order valence-electron chi connectivity index (χ3n) is 5.18. The summed E-state index contributed by atoms with van der Waals surface area (Å²) >= 11 is 0. The Balaban J connectivity index is 1.61. The first kappa shape index (κ1) is 16.4.